The van der Waals surface area contributed by atoms with Crippen LogP contribution in [0.5, 0.6) is 0 Å². The summed E-state index contributed by atoms with van der Waals surface area (Å²) in [5.41, 5.74) is 3.21. The monoisotopic (exact) mass is 286 g/mol. The summed E-state index contributed by atoms with van der Waals surface area (Å²) < 4.78 is 0. The van der Waals surface area contributed by atoms with Crippen LogP contribution in [0.25, 0.3) is 0 Å². The molecule has 0 spiro atoms. The minimum Gasteiger partial charge on any atom is -0.358 e. The molecule has 0 radical (unpaired) electrons. The van der Waals surface area contributed by atoms with E-state index < -0.39 is 4.92 Å². The van der Waals surface area contributed by atoms with E-state index in [0.717, 1.165) is 36.3 Å². The highest BCUT2D eigenvalue weighted by atomic mass is 16.6. The lowest BCUT2D eigenvalue weighted by atomic mass is 9.99. The number of aromatic nitrogens is 1. The molecule has 0 aliphatic carbocycles. The van der Waals surface area contributed by atoms with Crippen LogP contribution in [-0.2, 0) is 13.0 Å². The average Bonchev–Trinajstić information content (AvgIpc) is 2.98. The van der Waals surface area contributed by atoms with Crippen molar-refractivity contribution in [2.75, 3.05) is 11.9 Å². The fourth-order valence-electron chi connectivity index (χ4n) is 2.46. The number of H-pyrrole nitrogens is 1. The third-order valence-electron chi connectivity index (χ3n) is 3.50. The van der Waals surface area contributed by atoms with Crippen LogP contribution in [0.3, 0.4) is 0 Å². The normalized spacial score (nSPS) is 13.5. The molecule has 1 aromatic carbocycles. The number of nitro groups is 1. The Morgan fingerprint density at radius 3 is 2.90 bits per heavy atom. The van der Waals surface area contributed by atoms with E-state index in [2.05, 4.69) is 15.6 Å². The van der Waals surface area contributed by atoms with Gasteiger partial charge in [0.2, 0.25) is 0 Å². The number of aromatic amines is 1. The number of fused-ring (bicyclic) bond motifs is 1. The van der Waals surface area contributed by atoms with Crippen molar-refractivity contribution in [2.45, 2.75) is 13.0 Å². The van der Waals surface area contributed by atoms with Gasteiger partial charge in [-0.3, -0.25) is 4.79 Å². The Bertz CT molecular complexity index is 708. The number of anilines is 1. The van der Waals surface area contributed by atoms with Crippen LogP contribution in [0.15, 0.2) is 30.3 Å². The lowest BCUT2D eigenvalue weighted by Crippen LogP contribution is -2.25. The molecule has 1 aliphatic heterocycles. The number of nitrogens with one attached hydrogen (secondary N) is 3. The highest BCUT2D eigenvalue weighted by molar-refractivity contribution is 6.03. The van der Waals surface area contributed by atoms with Gasteiger partial charge in [-0.25, -0.2) is 4.98 Å². The lowest BCUT2D eigenvalue weighted by molar-refractivity contribution is -0.389. The quantitative estimate of drug-likeness (QED) is 0.592. The van der Waals surface area contributed by atoms with Crippen molar-refractivity contribution in [3.63, 3.8) is 0 Å². The van der Waals surface area contributed by atoms with Crippen molar-refractivity contribution < 1.29 is 9.72 Å². The van der Waals surface area contributed by atoms with Crippen LogP contribution in [-0.4, -0.2) is 22.4 Å². The van der Waals surface area contributed by atoms with E-state index >= 15 is 0 Å². The van der Waals surface area contributed by atoms with E-state index in [9.17, 15) is 14.9 Å². The van der Waals surface area contributed by atoms with E-state index in [1.54, 1.807) is 0 Å². The Kier molecular flexibility index (Phi) is 3.41. The molecule has 2 aromatic rings. The zero-order chi connectivity index (χ0) is 14.8. The second-order valence-corrected chi connectivity index (χ2v) is 4.84. The molecule has 2 heterocycles. The molecule has 0 bridgehead atoms. The van der Waals surface area contributed by atoms with Gasteiger partial charge in [-0.2, -0.15) is 0 Å². The van der Waals surface area contributed by atoms with Crippen molar-refractivity contribution in [3.05, 3.63) is 57.3 Å². The molecule has 1 amide bonds. The largest absolute Gasteiger partial charge is 0.358 e. The number of hydrogen-bond donors (Lipinski definition) is 3. The van der Waals surface area contributed by atoms with Crippen molar-refractivity contribution in [1.82, 2.24) is 10.3 Å². The van der Waals surface area contributed by atoms with Gasteiger partial charge in [0.15, 0.2) is 5.69 Å². The molecule has 3 N–H and O–H groups in total. The van der Waals surface area contributed by atoms with Gasteiger partial charge in [-0.15, -0.1) is 0 Å². The van der Waals surface area contributed by atoms with Crippen LogP contribution < -0.4 is 10.6 Å². The SMILES string of the molecule is O=C(Nc1cccc2c1CCNC2)c1ccc([N+](=O)[O-])[nH]1. The minimum absolute atomic E-state index is 0.174. The number of amides is 1. The van der Waals surface area contributed by atoms with E-state index in [1.807, 2.05) is 18.2 Å². The summed E-state index contributed by atoms with van der Waals surface area (Å²) in [6.07, 6.45) is 0.844. The number of carbonyl (C=O) groups excluding carboxylic acids is 1. The molecule has 0 unspecified atom stereocenters. The first-order valence-corrected chi connectivity index (χ1v) is 6.61. The summed E-state index contributed by atoms with van der Waals surface area (Å²) in [4.78, 5) is 24.7. The van der Waals surface area contributed by atoms with Gasteiger partial charge >= 0.3 is 5.82 Å². The standard InChI is InChI=1S/C14H14N4O3/c19-14(12-4-5-13(16-12)18(20)21)17-11-3-1-2-9-8-15-7-6-10(9)11/h1-5,15-16H,6-8H2,(H,17,19). The van der Waals surface area contributed by atoms with Gasteiger partial charge in [-0.05, 0) is 41.1 Å². The Morgan fingerprint density at radius 2 is 2.14 bits per heavy atom. The average molecular weight is 286 g/mol. The first-order valence-electron chi connectivity index (χ1n) is 6.61. The number of carbonyl (C=O) groups is 1. The number of rotatable bonds is 3. The second kappa shape index (κ2) is 5.37. The molecule has 1 aliphatic rings. The van der Waals surface area contributed by atoms with Crippen LogP contribution in [0, 0.1) is 10.1 Å². The third-order valence-corrected chi connectivity index (χ3v) is 3.50. The van der Waals surface area contributed by atoms with Crippen LogP contribution >= 0.6 is 0 Å². The molecule has 3 rings (SSSR count). The number of benzene rings is 1. The molecule has 21 heavy (non-hydrogen) atoms. The predicted molar refractivity (Wildman–Crippen MR) is 77.3 cm³/mol. The molecule has 108 valence electrons. The zero-order valence-electron chi connectivity index (χ0n) is 11.2. The van der Waals surface area contributed by atoms with Crippen LogP contribution in [0.1, 0.15) is 21.6 Å². The van der Waals surface area contributed by atoms with Crippen molar-refractivity contribution >= 4 is 17.4 Å². The predicted octanol–water partition coefficient (Wildman–Crippen LogP) is 1.82. The molecule has 1 aromatic heterocycles. The Balaban J connectivity index is 1.83. The van der Waals surface area contributed by atoms with Gasteiger partial charge < -0.3 is 20.7 Å². The molecule has 7 heteroatoms. The summed E-state index contributed by atoms with van der Waals surface area (Å²) in [6.45, 7) is 1.65. The first-order chi connectivity index (χ1) is 10.1. The molecular weight excluding hydrogens is 272 g/mol. The maximum Gasteiger partial charge on any atom is 0.321 e. The summed E-state index contributed by atoms with van der Waals surface area (Å²) in [6, 6.07) is 8.44. The van der Waals surface area contributed by atoms with Gasteiger partial charge in [0.25, 0.3) is 5.91 Å². The summed E-state index contributed by atoms with van der Waals surface area (Å²) >= 11 is 0. The Morgan fingerprint density at radius 1 is 1.29 bits per heavy atom. The number of hydrogen-bond acceptors (Lipinski definition) is 4. The summed E-state index contributed by atoms with van der Waals surface area (Å²) in [5, 5.41) is 16.7. The van der Waals surface area contributed by atoms with Gasteiger partial charge in [0, 0.05) is 18.3 Å². The molecule has 7 nitrogen and oxygen atoms in total. The van der Waals surface area contributed by atoms with E-state index in [0.29, 0.717) is 0 Å². The van der Waals surface area contributed by atoms with Gasteiger partial charge in [0.05, 0.1) is 0 Å². The van der Waals surface area contributed by atoms with Crippen LogP contribution in [0.4, 0.5) is 11.5 Å². The zero-order valence-corrected chi connectivity index (χ0v) is 11.2. The summed E-state index contributed by atoms with van der Waals surface area (Å²) in [5.74, 6) is -0.575. The maximum absolute atomic E-state index is 12.2. The van der Waals surface area contributed by atoms with Gasteiger partial charge in [-0.1, -0.05) is 12.1 Å². The molecule has 0 saturated carbocycles. The second-order valence-electron chi connectivity index (χ2n) is 4.84. The summed E-state index contributed by atoms with van der Waals surface area (Å²) in [7, 11) is 0. The van der Waals surface area contributed by atoms with Crippen molar-refractivity contribution in [3.8, 4) is 0 Å². The van der Waals surface area contributed by atoms with Crippen LogP contribution in [0.2, 0.25) is 0 Å². The first kappa shape index (κ1) is 13.3. The maximum atomic E-state index is 12.2. The Labute approximate surface area is 120 Å². The van der Waals surface area contributed by atoms with Crippen molar-refractivity contribution in [2.24, 2.45) is 0 Å². The third kappa shape index (κ3) is 2.63. The minimum atomic E-state index is -0.563. The Hall–Kier alpha value is -2.67. The molecule has 0 atom stereocenters. The lowest BCUT2D eigenvalue weighted by Gasteiger charge is -2.20. The topological polar surface area (TPSA) is 100 Å². The fraction of sp³-hybridized carbons (Fsp3) is 0.214. The molecular formula is C14H14N4O3. The smallest absolute Gasteiger partial charge is 0.321 e. The highest BCUT2D eigenvalue weighted by Gasteiger charge is 2.18. The van der Waals surface area contributed by atoms with E-state index in [4.69, 9.17) is 0 Å². The van der Waals surface area contributed by atoms with E-state index in [1.165, 1.54) is 12.1 Å². The molecule has 0 saturated heterocycles. The highest BCUT2D eigenvalue weighted by Crippen LogP contribution is 2.23. The molecule has 0 fully saturated rings. The number of nitrogens with zero attached hydrogens (tertiary/aromatic N) is 1. The van der Waals surface area contributed by atoms with Gasteiger partial charge in [0.1, 0.15) is 0 Å². The van der Waals surface area contributed by atoms with E-state index in [-0.39, 0.29) is 17.4 Å². The van der Waals surface area contributed by atoms with Crippen molar-refractivity contribution in [1.29, 1.82) is 0 Å². The fourth-order valence-corrected chi connectivity index (χ4v) is 2.46.